The van der Waals surface area contributed by atoms with Gasteiger partial charge in [-0.25, -0.2) is 0 Å². The van der Waals surface area contributed by atoms with Crippen molar-refractivity contribution in [2.45, 2.75) is 33.3 Å². The van der Waals surface area contributed by atoms with Gasteiger partial charge in [0.1, 0.15) is 0 Å². The Labute approximate surface area is 103 Å². The number of carbonyl (C=O) groups is 1. The average Bonchev–Trinajstić information content (AvgIpc) is 2.55. The van der Waals surface area contributed by atoms with E-state index in [2.05, 4.69) is 4.98 Å². The molecule has 0 spiro atoms. The van der Waals surface area contributed by atoms with Crippen molar-refractivity contribution in [3.8, 4) is 0 Å². The van der Waals surface area contributed by atoms with E-state index in [1.165, 1.54) is 0 Å². The van der Waals surface area contributed by atoms with Gasteiger partial charge in [-0.3, -0.25) is 9.69 Å². The van der Waals surface area contributed by atoms with Crippen molar-refractivity contribution in [1.82, 2.24) is 9.88 Å². The number of carbonyl (C=O) groups excluding carboxylic acids is 1. The van der Waals surface area contributed by atoms with E-state index in [-0.39, 0.29) is 11.9 Å². The van der Waals surface area contributed by atoms with Gasteiger partial charge in [0.2, 0.25) is 0 Å². The van der Waals surface area contributed by atoms with Gasteiger partial charge in [0.25, 0.3) is 0 Å². The quantitative estimate of drug-likeness (QED) is 0.739. The fourth-order valence-electron chi connectivity index (χ4n) is 1.83. The number of rotatable bonds is 6. The second-order valence-corrected chi connectivity index (χ2v) is 4.79. The molecule has 4 heteroatoms. The summed E-state index contributed by atoms with van der Waals surface area (Å²) < 4.78 is 0. The number of aliphatic hydroxyl groups is 1. The molecule has 1 unspecified atom stereocenters. The van der Waals surface area contributed by atoms with Crippen LogP contribution < -0.4 is 0 Å². The lowest BCUT2D eigenvalue weighted by Crippen LogP contribution is -2.28. The summed E-state index contributed by atoms with van der Waals surface area (Å²) >= 11 is 0. The summed E-state index contributed by atoms with van der Waals surface area (Å²) in [6.45, 7) is 6.74. The highest BCUT2D eigenvalue weighted by atomic mass is 16.3. The number of aromatic nitrogens is 1. The van der Waals surface area contributed by atoms with Crippen LogP contribution in [0, 0.1) is 13.8 Å². The number of hydrogen-bond donors (Lipinski definition) is 2. The topological polar surface area (TPSA) is 56.3 Å². The number of nitrogens with zero attached hydrogens (tertiary/aromatic N) is 1. The van der Waals surface area contributed by atoms with Crippen LogP contribution >= 0.6 is 0 Å². The van der Waals surface area contributed by atoms with Gasteiger partial charge in [0.15, 0.2) is 5.78 Å². The highest BCUT2D eigenvalue weighted by molar-refractivity contribution is 5.98. The van der Waals surface area contributed by atoms with E-state index in [0.29, 0.717) is 13.0 Å². The molecule has 1 heterocycles. The van der Waals surface area contributed by atoms with Crippen molar-refractivity contribution in [2.24, 2.45) is 0 Å². The minimum Gasteiger partial charge on any atom is -0.393 e. The lowest BCUT2D eigenvalue weighted by molar-refractivity contribution is 0.0931. The smallest absolute Gasteiger partial charge is 0.178 e. The van der Waals surface area contributed by atoms with Gasteiger partial charge in [-0.05, 0) is 40.3 Å². The van der Waals surface area contributed by atoms with Crippen molar-refractivity contribution < 1.29 is 9.90 Å². The zero-order valence-electron chi connectivity index (χ0n) is 11.1. The number of Topliss-reactive ketones (excluding diaryl/α,β-unsaturated/α-hetero) is 1. The molecule has 0 aliphatic heterocycles. The van der Waals surface area contributed by atoms with Gasteiger partial charge in [-0.15, -0.1) is 0 Å². The number of ketones is 1. The molecule has 0 aromatic carbocycles. The molecular weight excluding hydrogens is 216 g/mol. The first kappa shape index (κ1) is 13.9. The molecule has 4 nitrogen and oxygen atoms in total. The molecule has 1 rings (SSSR count). The molecule has 0 amide bonds. The van der Waals surface area contributed by atoms with E-state index in [0.717, 1.165) is 23.5 Å². The molecule has 2 N–H and O–H groups in total. The summed E-state index contributed by atoms with van der Waals surface area (Å²) in [4.78, 5) is 17.1. The Balaban J connectivity index is 2.51. The Morgan fingerprint density at radius 2 is 2.18 bits per heavy atom. The number of likely N-dealkylation sites (N-methyl/N-ethyl adjacent to an activating group) is 1. The molecule has 0 saturated carbocycles. The van der Waals surface area contributed by atoms with Crippen LogP contribution in [0.2, 0.25) is 0 Å². The van der Waals surface area contributed by atoms with Crippen molar-refractivity contribution in [2.75, 3.05) is 20.1 Å². The van der Waals surface area contributed by atoms with Crippen LogP contribution in [0.25, 0.3) is 0 Å². The second-order valence-electron chi connectivity index (χ2n) is 4.79. The standard InChI is InChI=1S/C13H22N2O2/c1-9-7-12(11(3)14-9)13(17)8-15(4)6-5-10(2)16/h7,10,14,16H,5-6,8H2,1-4H3. The second kappa shape index (κ2) is 5.98. The molecule has 0 bridgehead atoms. The lowest BCUT2D eigenvalue weighted by Gasteiger charge is -2.16. The third-order valence-electron chi connectivity index (χ3n) is 2.79. The van der Waals surface area contributed by atoms with Crippen LogP contribution in [-0.2, 0) is 0 Å². The number of aliphatic hydroxyl groups excluding tert-OH is 1. The first-order chi connectivity index (χ1) is 7.90. The average molecular weight is 238 g/mol. The van der Waals surface area contributed by atoms with E-state index in [1.807, 2.05) is 31.9 Å². The molecule has 0 aliphatic carbocycles. The molecule has 1 aromatic heterocycles. The first-order valence-electron chi connectivity index (χ1n) is 5.96. The lowest BCUT2D eigenvalue weighted by atomic mass is 10.1. The van der Waals surface area contributed by atoms with E-state index in [9.17, 15) is 9.90 Å². The molecule has 0 saturated heterocycles. The van der Waals surface area contributed by atoms with Crippen LogP contribution in [0.1, 0.15) is 35.1 Å². The first-order valence-corrected chi connectivity index (χ1v) is 5.96. The predicted molar refractivity (Wildman–Crippen MR) is 68.4 cm³/mol. The molecule has 0 aliphatic rings. The summed E-state index contributed by atoms with van der Waals surface area (Å²) in [7, 11) is 1.90. The number of aryl methyl sites for hydroxylation is 2. The summed E-state index contributed by atoms with van der Waals surface area (Å²) in [5.41, 5.74) is 2.71. The Morgan fingerprint density at radius 3 is 2.65 bits per heavy atom. The minimum absolute atomic E-state index is 0.125. The van der Waals surface area contributed by atoms with E-state index in [4.69, 9.17) is 0 Å². The number of aromatic amines is 1. The highest BCUT2D eigenvalue weighted by Crippen LogP contribution is 2.10. The van der Waals surface area contributed by atoms with Gasteiger partial charge in [0.05, 0.1) is 12.6 Å². The largest absolute Gasteiger partial charge is 0.393 e. The fraction of sp³-hybridized carbons (Fsp3) is 0.615. The fourth-order valence-corrected chi connectivity index (χ4v) is 1.83. The Bertz CT molecular complexity index is 383. The van der Waals surface area contributed by atoms with Gasteiger partial charge >= 0.3 is 0 Å². The predicted octanol–water partition coefficient (Wildman–Crippen LogP) is 1.52. The van der Waals surface area contributed by atoms with Crippen LogP contribution in [0.15, 0.2) is 6.07 Å². The maximum absolute atomic E-state index is 12.0. The van der Waals surface area contributed by atoms with Crippen molar-refractivity contribution in [3.05, 3.63) is 23.0 Å². The molecule has 96 valence electrons. The van der Waals surface area contributed by atoms with Crippen LogP contribution in [-0.4, -0.2) is 47.0 Å². The zero-order chi connectivity index (χ0) is 13.0. The number of nitrogens with one attached hydrogen (secondary N) is 1. The van der Waals surface area contributed by atoms with Crippen molar-refractivity contribution >= 4 is 5.78 Å². The summed E-state index contributed by atoms with van der Waals surface area (Å²) in [5.74, 6) is 0.125. The molecule has 1 atom stereocenters. The monoisotopic (exact) mass is 238 g/mol. The van der Waals surface area contributed by atoms with Gasteiger partial charge in [0, 0.05) is 23.5 Å². The highest BCUT2D eigenvalue weighted by Gasteiger charge is 2.13. The minimum atomic E-state index is -0.316. The maximum Gasteiger partial charge on any atom is 0.178 e. The SMILES string of the molecule is Cc1cc(C(=O)CN(C)CCC(C)O)c(C)[nH]1. The maximum atomic E-state index is 12.0. The van der Waals surface area contributed by atoms with Crippen LogP contribution in [0.5, 0.6) is 0 Å². The van der Waals surface area contributed by atoms with Crippen molar-refractivity contribution in [1.29, 1.82) is 0 Å². The Morgan fingerprint density at radius 1 is 1.53 bits per heavy atom. The third-order valence-corrected chi connectivity index (χ3v) is 2.79. The summed E-state index contributed by atoms with van der Waals surface area (Å²) in [5, 5.41) is 9.18. The summed E-state index contributed by atoms with van der Waals surface area (Å²) in [6, 6.07) is 1.89. The van der Waals surface area contributed by atoms with Gasteiger partial charge in [-0.2, -0.15) is 0 Å². The molecule has 0 radical (unpaired) electrons. The number of H-pyrrole nitrogens is 1. The van der Waals surface area contributed by atoms with Gasteiger partial charge < -0.3 is 10.1 Å². The molecule has 0 fully saturated rings. The number of hydrogen-bond acceptors (Lipinski definition) is 3. The zero-order valence-corrected chi connectivity index (χ0v) is 11.1. The van der Waals surface area contributed by atoms with Gasteiger partial charge in [-0.1, -0.05) is 0 Å². The van der Waals surface area contributed by atoms with E-state index < -0.39 is 0 Å². The third kappa shape index (κ3) is 4.32. The molecular formula is C13H22N2O2. The van der Waals surface area contributed by atoms with E-state index in [1.54, 1.807) is 6.92 Å². The van der Waals surface area contributed by atoms with Crippen LogP contribution in [0.3, 0.4) is 0 Å². The molecule has 17 heavy (non-hydrogen) atoms. The molecule has 1 aromatic rings. The normalized spacial score (nSPS) is 13.1. The Hall–Kier alpha value is -1.13. The Kier molecular flexibility index (Phi) is 4.90. The summed E-state index contributed by atoms with van der Waals surface area (Å²) in [6.07, 6.45) is 0.373. The van der Waals surface area contributed by atoms with E-state index >= 15 is 0 Å². The van der Waals surface area contributed by atoms with Crippen LogP contribution in [0.4, 0.5) is 0 Å². The van der Waals surface area contributed by atoms with Crippen molar-refractivity contribution in [3.63, 3.8) is 0 Å².